The molecule has 2 fully saturated rings. The molecule has 12 nitrogen and oxygen atoms in total. The normalized spacial score (nSPS) is 42.9. The Morgan fingerprint density at radius 2 is 1.38 bits per heavy atom. The number of amides is 2. The SMILES string of the molecule is CC(=O)NC1[C@H](O[C@@H]2C(NC(C)=O)C(C)OC(CO)[C@@H]2O)OC(CO)[C@@H](O)[C@@H]1O. The van der Waals surface area contributed by atoms with E-state index in [0.29, 0.717) is 0 Å². The van der Waals surface area contributed by atoms with Crippen LogP contribution in [0.3, 0.4) is 0 Å². The first kappa shape index (κ1) is 23.9. The van der Waals surface area contributed by atoms with E-state index in [1.54, 1.807) is 6.92 Å². The van der Waals surface area contributed by atoms with Crippen molar-refractivity contribution in [2.24, 2.45) is 0 Å². The van der Waals surface area contributed by atoms with Crippen LogP contribution < -0.4 is 10.6 Å². The molecule has 0 bridgehead atoms. The third-order valence-corrected chi connectivity index (χ3v) is 5.06. The molecule has 2 heterocycles. The summed E-state index contributed by atoms with van der Waals surface area (Å²) in [4.78, 5) is 23.2. The van der Waals surface area contributed by atoms with Gasteiger partial charge in [-0.15, -0.1) is 0 Å². The van der Waals surface area contributed by atoms with Crippen molar-refractivity contribution in [3.8, 4) is 0 Å². The van der Waals surface area contributed by atoms with Crippen LogP contribution in [0.5, 0.6) is 0 Å². The molecule has 12 heteroatoms. The van der Waals surface area contributed by atoms with E-state index in [2.05, 4.69) is 10.6 Å². The molecule has 0 aliphatic carbocycles. The molecule has 5 unspecified atom stereocenters. The smallest absolute Gasteiger partial charge is 0.217 e. The van der Waals surface area contributed by atoms with Gasteiger partial charge < -0.3 is 50.4 Å². The van der Waals surface area contributed by atoms with Crippen LogP contribution >= 0.6 is 0 Å². The molecule has 2 aliphatic heterocycles. The van der Waals surface area contributed by atoms with Crippen molar-refractivity contribution < 1.29 is 49.3 Å². The average molecular weight is 422 g/mol. The van der Waals surface area contributed by atoms with Gasteiger partial charge in [-0.2, -0.15) is 0 Å². The van der Waals surface area contributed by atoms with Crippen LogP contribution in [0.15, 0.2) is 0 Å². The predicted octanol–water partition coefficient (Wildman–Crippen LogP) is -4.04. The quantitative estimate of drug-likeness (QED) is 0.222. The highest BCUT2D eigenvalue weighted by molar-refractivity contribution is 5.73. The topological polar surface area (TPSA) is 187 Å². The Bertz CT molecular complexity index is 578. The molecule has 2 saturated heterocycles. The summed E-state index contributed by atoms with van der Waals surface area (Å²) in [5.74, 6) is -0.950. The Morgan fingerprint density at radius 1 is 0.862 bits per heavy atom. The second-order valence-electron chi connectivity index (χ2n) is 7.31. The summed E-state index contributed by atoms with van der Waals surface area (Å²) in [6, 6.07) is -2.07. The maximum atomic E-state index is 11.6. The number of hydrogen-bond acceptors (Lipinski definition) is 10. The van der Waals surface area contributed by atoms with Gasteiger partial charge in [-0.25, -0.2) is 0 Å². The number of aliphatic hydroxyl groups is 5. The summed E-state index contributed by atoms with van der Waals surface area (Å²) >= 11 is 0. The lowest BCUT2D eigenvalue weighted by Gasteiger charge is -2.48. The second-order valence-corrected chi connectivity index (χ2v) is 7.31. The van der Waals surface area contributed by atoms with Crippen LogP contribution in [0.4, 0.5) is 0 Å². The van der Waals surface area contributed by atoms with E-state index >= 15 is 0 Å². The Hall–Kier alpha value is -1.38. The van der Waals surface area contributed by atoms with Crippen molar-refractivity contribution in [2.75, 3.05) is 13.2 Å². The van der Waals surface area contributed by atoms with Crippen LogP contribution in [0, 0.1) is 0 Å². The number of aliphatic hydroxyl groups excluding tert-OH is 5. The zero-order chi connectivity index (χ0) is 21.9. The highest BCUT2D eigenvalue weighted by Crippen LogP contribution is 2.29. The monoisotopic (exact) mass is 422 g/mol. The molecule has 0 radical (unpaired) electrons. The van der Waals surface area contributed by atoms with Gasteiger partial charge >= 0.3 is 0 Å². The zero-order valence-corrected chi connectivity index (χ0v) is 16.5. The summed E-state index contributed by atoms with van der Waals surface area (Å²) < 4.78 is 16.9. The summed E-state index contributed by atoms with van der Waals surface area (Å²) in [7, 11) is 0. The molecule has 0 spiro atoms. The van der Waals surface area contributed by atoms with Crippen molar-refractivity contribution in [3.05, 3.63) is 0 Å². The molecule has 0 aromatic heterocycles. The second kappa shape index (κ2) is 10.1. The molecular weight excluding hydrogens is 392 g/mol. The number of ether oxygens (including phenoxy) is 3. The third-order valence-electron chi connectivity index (χ3n) is 5.06. The van der Waals surface area contributed by atoms with E-state index in [0.717, 1.165) is 0 Å². The van der Waals surface area contributed by atoms with Crippen molar-refractivity contribution in [2.45, 2.75) is 81.9 Å². The van der Waals surface area contributed by atoms with Crippen molar-refractivity contribution >= 4 is 11.8 Å². The fourth-order valence-corrected chi connectivity index (χ4v) is 3.62. The first-order valence-corrected chi connectivity index (χ1v) is 9.37. The van der Waals surface area contributed by atoms with Crippen molar-refractivity contribution in [1.29, 1.82) is 0 Å². The van der Waals surface area contributed by atoms with E-state index in [1.807, 2.05) is 0 Å². The maximum Gasteiger partial charge on any atom is 0.217 e. The fraction of sp³-hybridized carbons (Fsp3) is 0.882. The average Bonchev–Trinajstić information content (AvgIpc) is 2.65. The standard InChI is InChI=1S/C17H30N2O10/c1-6-11(18-7(2)22)16(14(25)10(5-21)27-6)29-17-12(19-8(3)23)15(26)13(24)9(4-20)28-17/h6,9-17,20-21,24-26H,4-5H2,1-3H3,(H,18,22)(H,19,23)/t6?,9?,10?,11?,12?,13-,14+,15-,16-,17+/m1/s1. The highest BCUT2D eigenvalue weighted by atomic mass is 16.7. The Balaban J connectivity index is 2.31. The number of nitrogens with one attached hydrogen (secondary N) is 2. The Kier molecular flexibility index (Phi) is 8.31. The van der Waals surface area contributed by atoms with Crippen LogP contribution in [0.2, 0.25) is 0 Å². The van der Waals surface area contributed by atoms with Crippen LogP contribution in [0.1, 0.15) is 20.8 Å². The Morgan fingerprint density at radius 3 is 1.90 bits per heavy atom. The van der Waals surface area contributed by atoms with Gasteiger partial charge in [-0.05, 0) is 6.92 Å². The van der Waals surface area contributed by atoms with Crippen molar-refractivity contribution in [3.63, 3.8) is 0 Å². The lowest BCUT2D eigenvalue weighted by molar-refractivity contribution is -0.308. The molecule has 0 saturated carbocycles. The van der Waals surface area contributed by atoms with Gasteiger partial charge in [0.2, 0.25) is 11.8 Å². The van der Waals surface area contributed by atoms with Gasteiger partial charge in [0, 0.05) is 13.8 Å². The number of hydrogen-bond donors (Lipinski definition) is 7. The third kappa shape index (κ3) is 5.41. The molecule has 0 aromatic carbocycles. The minimum atomic E-state index is -1.53. The molecule has 7 N–H and O–H groups in total. The number of rotatable bonds is 6. The molecule has 168 valence electrons. The number of carbonyl (C=O) groups is 2. The van der Waals surface area contributed by atoms with E-state index in [-0.39, 0.29) is 0 Å². The summed E-state index contributed by atoms with van der Waals surface area (Å²) in [6.45, 7) is 2.94. The minimum absolute atomic E-state index is 0.416. The van der Waals surface area contributed by atoms with Crippen LogP contribution in [-0.2, 0) is 23.8 Å². The molecule has 29 heavy (non-hydrogen) atoms. The molecular formula is C17H30N2O10. The zero-order valence-electron chi connectivity index (χ0n) is 16.5. The molecule has 2 rings (SSSR count). The number of carbonyl (C=O) groups excluding carboxylic acids is 2. The van der Waals surface area contributed by atoms with Gasteiger partial charge in [0.05, 0.1) is 25.4 Å². The van der Waals surface area contributed by atoms with E-state index in [4.69, 9.17) is 14.2 Å². The van der Waals surface area contributed by atoms with Gasteiger partial charge in [0.15, 0.2) is 6.29 Å². The lowest BCUT2D eigenvalue weighted by atomic mass is 9.92. The Labute approximate surface area is 167 Å². The fourth-order valence-electron chi connectivity index (χ4n) is 3.62. The first-order valence-electron chi connectivity index (χ1n) is 9.37. The largest absolute Gasteiger partial charge is 0.394 e. The van der Waals surface area contributed by atoms with Gasteiger partial charge in [-0.3, -0.25) is 9.59 Å². The van der Waals surface area contributed by atoms with Crippen LogP contribution in [-0.4, -0.2) is 112 Å². The molecule has 10 atom stereocenters. The van der Waals surface area contributed by atoms with Gasteiger partial charge in [0.25, 0.3) is 0 Å². The van der Waals surface area contributed by atoms with E-state index < -0.39 is 86.1 Å². The van der Waals surface area contributed by atoms with E-state index in [9.17, 15) is 35.1 Å². The lowest BCUT2D eigenvalue weighted by Crippen LogP contribution is -2.69. The maximum absolute atomic E-state index is 11.6. The summed E-state index contributed by atoms with van der Waals surface area (Å²) in [5, 5.41) is 55.0. The molecule has 2 aliphatic rings. The van der Waals surface area contributed by atoms with E-state index in [1.165, 1.54) is 13.8 Å². The van der Waals surface area contributed by atoms with Gasteiger partial charge in [0.1, 0.15) is 42.7 Å². The minimum Gasteiger partial charge on any atom is -0.394 e. The summed E-state index contributed by atoms with van der Waals surface area (Å²) in [5.41, 5.74) is 0. The molecule has 0 aromatic rings. The highest BCUT2D eigenvalue weighted by Gasteiger charge is 2.50. The van der Waals surface area contributed by atoms with Crippen LogP contribution in [0.25, 0.3) is 0 Å². The van der Waals surface area contributed by atoms with Crippen molar-refractivity contribution in [1.82, 2.24) is 10.6 Å². The first-order chi connectivity index (χ1) is 13.6. The van der Waals surface area contributed by atoms with Gasteiger partial charge in [-0.1, -0.05) is 0 Å². The molecule has 2 amide bonds. The summed E-state index contributed by atoms with van der Waals surface area (Å²) in [6.07, 6.45) is -9.81. The predicted molar refractivity (Wildman–Crippen MR) is 95.3 cm³/mol.